The molecule has 0 aliphatic carbocycles. The third-order valence-corrected chi connectivity index (χ3v) is 2.28. The average molecular weight is 184 g/mol. The van der Waals surface area contributed by atoms with Gasteiger partial charge >= 0.3 is 0 Å². The summed E-state index contributed by atoms with van der Waals surface area (Å²) in [7, 11) is 0. The van der Waals surface area contributed by atoms with E-state index in [0.717, 1.165) is 12.1 Å². The molecule has 0 atom stereocenters. The second-order valence-corrected chi connectivity index (χ2v) is 3.30. The fourth-order valence-corrected chi connectivity index (χ4v) is 1.43. The van der Waals surface area contributed by atoms with Gasteiger partial charge in [0.25, 0.3) is 0 Å². The normalized spacial score (nSPS) is 10.1. The number of hydrogen-bond acceptors (Lipinski definition) is 2. The van der Waals surface area contributed by atoms with Gasteiger partial charge in [0.1, 0.15) is 6.33 Å². The van der Waals surface area contributed by atoms with Crippen LogP contribution in [0.1, 0.15) is 16.8 Å². The van der Waals surface area contributed by atoms with Crippen molar-refractivity contribution in [2.75, 3.05) is 0 Å². The van der Waals surface area contributed by atoms with E-state index in [0.29, 0.717) is 0 Å². The maximum Gasteiger partial charge on any atom is 0.115 e. The lowest BCUT2D eigenvalue weighted by molar-refractivity contribution is 1.02. The summed E-state index contributed by atoms with van der Waals surface area (Å²) in [5, 5.41) is 0. The maximum absolute atomic E-state index is 4.20. The summed E-state index contributed by atoms with van der Waals surface area (Å²) >= 11 is 0. The summed E-state index contributed by atoms with van der Waals surface area (Å²) < 4.78 is 0. The van der Waals surface area contributed by atoms with Gasteiger partial charge in [0.2, 0.25) is 0 Å². The quantitative estimate of drug-likeness (QED) is 0.716. The van der Waals surface area contributed by atoms with E-state index in [2.05, 4.69) is 41.2 Å². The van der Waals surface area contributed by atoms with Gasteiger partial charge in [-0.3, -0.25) is 0 Å². The number of nitrogens with zero attached hydrogens (tertiary/aromatic N) is 2. The Labute approximate surface area is 83.7 Å². The minimum absolute atomic E-state index is 0.884. The summed E-state index contributed by atoms with van der Waals surface area (Å²) in [4.78, 5) is 8.10. The van der Waals surface area contributed by atoms with Crippen LogP contribution in [0.5, 0.6) is 0 Å². The van der Waals surface area contributed by atoms with Crippen molar-refractivity contribution in [2.45, 2.75) is 13.3 Å². The summed E-state index contributed by atoms with van der Waals surface area (Å²) in [6.45, 7) is 2.12. The Morgan fingerprint density at radius 3 is 2.71 bits per heavy atom. The molecule has 0 radical (unpaired) electrons. The van der Waals surface area contributed by atoms with Crippen LogP contribution < -0.4 is 0 Å². The molecule has 1 aromatic heterocycles. The molecule has 0 aliphatic heterocycles. The van der Waals surface area contributed by atoms with Gasteiger partial charge in [0.05, 0.1) is 0 Å². The van der Waals surface area contributed by atoms with Crippen LogP contribution in [0.2, 0.25) is 0 Å². The van der Waals surface area contributed by atoms with Crippen LogP contribution in [0, 0.1) is 6.92 Å². The maximum atomic E-state index is 4.20. The van der Waals surface area contributed by atoms with E-state index in [1.165, 1.54) is 11.1 Å². The van der Waals surface area contributed by atoms with E-state index in [-0.39, 0.29) is 0 Å². The van der Waals surface area contributed by atoms with E-state index in [9.17, 15) is 0 Å². The molecule has 0 unspecified atom stereocenters. The zero-order valence-corrected chi connectivity index (χ0v) is 8.14. The molecule has 14 heavy (non-hydrogen) atoms. The first kappa shape index (κ1) is 8.88. The fourth-order valence-electron chi connectivity index (χ4n) is 1.43. The molecule has 0 aliphatic rings. The zero-order valence-electron chi connectivity index (χ0n) is 8.14. The smallest absolute Gasteiger partial charge is 0.115 e. The summed E-state index contributed by atoms with van der Waals surface area (Å²) in [5.74, 6) is 0. The average Bonchev–Trinajstić information content (AvgIpc) is 2.23. The van der Waals surface area contributed by atoms with Crippen LogP contribution in [0.25, 0.3) is 0 Å². The molecule has 0 saturated heterocycles. The minimum Gasteiger partial charge on any atom is -0.245 e. The molecule has 0 saturated carbocycles. The van der Waals surface area contributed by atoms with Crippen molar-refractivity contribution in [1.82, 2.24) is 9.97 Å². The Bertz CT molecular complexity index is 410. The van der Waals surface area contributed by atoms with E-state index in [1.54, 1.807) is 12.5 Å². The molecule has 0 spiro atoms. The Morgan fingerprint density at radius 2 is 2.00 bits per heavy atom. The molecule has 1 heterocycles. The van der Waals surface area contributed by atoms with Crippen LogP contribution >= 0.6 is 0 Å². The van der Waals surface area contributed by atoms with Crippen molar-refractivity contribution in [3.8, 4) is 0 Å². The molecule has 0 N–H and O–H groups in total. The van der Waals surface area contributed by atoms with Crippen molar-refractivity contribution in [3.63, 3.8) is 0 Å². The van der Waals surface area contributed by atoms with E-state index in [1.807, 2.05) is 6.07 Å². The highest BCUT2D eigenvalue weighted by Crippen LogP contribution is 2.10. The van der Waals surface area contributed by atoms with E-state index >= 15 is 0 Å². The van der Waals surface area contributed by atoms with Crippen molar-refractivity contribution in [1.29, 1.82) is 0 Å². The Morgan fingerprint density at radius 1 is 1.14 bits per heavy atom. The molecular weight excluding hydrogens is 172 g/mol. The molecule has 2 aromatic rings. The highest BCUT2D eigenvalue weighted by molar-refractivity contribution is 5.29. The van der Waals surface area contributed by atoms with Crippen LogP contribution in [0.15, 0.2) is 42.9 Å². The van der Waals surface area contributed by atoms with Crippen LogP contribution in [-0.2, 0) is 6.42 Å². The highest BCUT2D eigenvalue weighted by atomic mass is 14.8. The first-order chi connectivity index (χ1) is 6.86. The molecule has 1 aromatic carbocycles. The summed E-state index contributed by atoms with van der Waals surface area (Å²) in [6, 6.07) is 10.3. The van der Waals surface area contributed by atoms with Gasteiger partial charge in [-0.1, -0.05) is 24.3 Å². The van der Waals surface area contributed by atoms with Gasteiger partial charge in [-0.2, -0.15) is 0 Å². The number of aromatic nitrogens is 2. The zero-order chi connectivity index (χ0) is 9.80. The highest BCUT2D eigenvalue weighted by Gasteiger charge is 1.99. The third kappa shape index (κ3) is 1.96. The van der Waals surface area contributed by atoms with Crippen LogP contribution in [-0.4, -0.2) is 9.97 Å². The lowest BCUT2D eigenvalue weighted by Gasteiger charge is -2.03. The summed E-state index contributed by atoms with van der Waals surface area (Å²) in [5.41, 5.74) is 3.70. The predicted molar refractivity (Wildman–Crippen MR) is 56.0 cm³/mol. The Hall–Kier alpha value is -1.70. The topological polar surface area (TPSA) is 25.8 Å². The molecule has 2 rings (SSSR count). The molecule has 0 bridgehead atoms. The van der Waals surface area contributed by atoms with Crippen LogP contribution in [0.3, 0.4) is 0 Å². The monoisotopic (exact) mass is 184 g/mol. The van der Waals surface area contributed by atoms with E-state index in [4.69, 9.17) is 0 Å². The number of rotatable bonds is 2. The number of hydrogen-bond donors (Lipinski definition) is 0. The van der Waals surface area contributed by atoms with Gasteiger partial charge in [-0.15, -0.1) is 0 Å². The predicted octanol–water partition coefficient (Wildman–Crippen LogP) is 2.38. The van der Waals surface area contributed by atoms with Gasteiger partial charge in [-0.25, -0.2) is 9.97 Å². The molecule has 2 heteroatoms. The second-order valence-electron chi connectivity index (χ2n) is 3.30. The molecule has 2 nitrogen and oxygen atoms in total. The molecular formula is C12H12N2. The van der Waals surface area contributed by atoms with Crippen molar-refractivity contribution >= 4 is 0 Å². The number of benzene rings is 1. The first-order valence-corrected chi connectivity index (χ1v) is 4.65. The van der Waals surface area contributed by atoms with Gasteiger partial charge in [0.15, 0.2) is 0 Å². The van der Waals surface area contributed by atoms with Gasteiger partial charge in [-0.05, 0) is 24.1 Å². The minimum atomic E-state index is 0.884. The second kappa shape index (κ2) is 4.01. The van der Waals surface area contributed by atoms with Crippen molar-refractivity contribution in [3.05, 3.63) is 59.7 Å². The summed E-state index contributed by atoms with van der Waals surface area (Å²) in [6.07, 6.45) is 4.25. The SMILES string of the molecule is Cc1ccccc1Cc1ccncn1. The van der Waals surface area contributed by atoms with Crippen molar-refractivity contribution < 1.29 is 0 Å². The molecule has 0 amide bonds. The lowest BCUT2D eigenvalue weighted by Crippen LogP contribution is -1.94. The molecule has 70 valence electrons. The standard InChI is InChI=1S/C12H12N2/c1-10-4-2-3-5-11(10)8-12-6-7-13-9-14-12/h2-7,9H,8H2,1H3. The molecule has 0 fully saturated rings. The third-order valence-electron chi connectivity index (χ3n) is 2.28. The lowest BCUT2D eigenvalue weighted by atomic mass is 10.0. The van der Waals surface area contributed by atoms with Crippen LogP contribution in [0.4, 0.5) is 0 Å². The Kier molecular flexibility index (Phi) is 2.54. The van der Waals surface area contributed by atoms with Crippen molar-refractivity contribution in [2.24, 2.45) is 0 Å². The Balaban J connectivity index is 2.24. The van der Waals surface area contributed by atoms with Gasteiger partial charge in [0, 0.05) is 18.3 Å². The van der Waals surface area contributed by atoms with Gasteiger partial charge < -0.3 is 0 Å². The number of aryl methyl sites for hydroxylation is 1. The largest absolute Gasteiger partial charge is 0.245 e. The van der Waals surface area contributed by atoms with E-state index < -0.39 is 0 Å². The fraction of sp³-hybridized carbons (Fsp3) is 0.167. The first-order valence-electron chi connectivity index (χ1n) is 4.65.